The monoisotopic (exact) mass is 487 g/mol. The van der Waals surface area contributed by atoms with Crippen LogP contribution in [0.5, 0.6) is 0 Å². The molecule has 0 bridgehead atoms. The highest BCUT2D eigenvalue weighted by Crippen LogP contribution is 2.31. The van der Waals surface area contributed by atoms with Crippen LogP contribution >= 0.6 is 0 Å². The zero-order valence-electron chi connectivity index (χ0n) is 20.7. The number of carbonyl (C=O) groups excluding carboxylic acids is 2. The maximum Gasteiger partial charge on any atom is 0.291 e. The van der Waals surface area contributed by atoms with Crippen LogP contribution in [0.1, 0.15) is 53.4 Å². The van der Waals surface area contributed by atoms with Crippen LogP contribution in [0.25, 0.3) is 0 Å². The smallest absolute Gasteiger partial charge is 0.291 e. The first-order chi connectivity index (χ1) is 17.4. The van der Waals surface area contributed by atoms with Crippen molar-refractivity contribution >= 4 is 41.0 Å². The van der Waals surface area contributed by atoms with Crippen LogP contribution in [0.4, 0.5) is 5.69 Å². The lowest BCUT2D eigenvalue weighted by Gasteiger charge is -2.39. The van der Waals surface area contributed by atoms with Gasteiger partial charge in [0.2, 0.25) is 11.7 Å². The predicted octanol–water partition coefficient (Wildman–Crippen LogP) is 0.713. The van der Waals surface area contributed by atoms with Crippen LogP contribution in [0, 0.1) is 11.8 Å². The number of hydrogen-bond acceptors (Lipinski definition) is 5. The molecule has 11 heteroatoms. The molecule has 4 rings (SSSR count). The van der Waals surface area contributed by atoms with E-state index in [-0.39, 0.29) is 12.2 Å². The van der Waals surface area contributed by atoms with E-state index < -0.39 is 28.7 Å². The zero-order valence-corrected chi connectivity index (χ0v) is 20.7. The molecule has 3 N–H and O–H groups in total. The summed E-state index contributed by atoms with van der Waals surface area (Å²) in [6.07, 6.45) is 1.19. The highest BCUT2D eigenvalue weighted by atomic mass is 16.3. The molecular formula is C26H24B3N5O3. The second-order valence-electron chi connectivity index (χ2n) is 9.55. The Bertz CT molecular complexity index is 1370. The number of hydrogen-bond donors (Lipinski definition) is 3. The Morgan fingerprint density at radius 1 is 1.22 bits per heavy atom. The van der Waals surface area contributed by atoms with Crippen LogP contribution in [0.15, 0.2) is 48.5 Å². The summed E-state index contributed by atoms with van der Waals surface area (Å²) < 4.78 is 0. The van der Waals surface area contributed by atoms with E-state index in [0.717, 1.165) is 16.0 Å². The van der Waals surface area contributed by atoms with Crippen molar-refractivity contribution in [3.05, 3.63) is 76.9 Å². The maximum absolute atomic E-state index is 13.5. The molecule has 6 radical (unpaired) electrons. The van der Waals surface area contributed by atoms with E-state index in [0.29, 0.717) is 29.9 Å². The molecule has 0 spiro atoms. The van der Waals surface area contributed by atoms with Gasteiger partial charge in [0.1, 0.15) is 17.5 Å². The number of H-pyrrole nitrogens is 1. The minimum absolute atomic E-state index is 0.0873. The number of aliphatic hydroxyl groups is 1. The summed E-state index contributed by atoms with van der Waals surface area (Å²) in [5, 5.41) is 17.3. The van der Waals surface area contributed by atoms with Crippen molar-refractivity contribution in [1.29, 1.82) is 0 Å². The number of anilines is 1. The lowest BCUT2D eigenvalue weighted by molar-refractivity contribution is -0.120. The van der Waals surface area contributed by atoms with Gasteiger partial charge in [-0.05, 0) is 49.9 Å². The highest BCUT2D eigenvalue weighted by Gasteiger charge is 2.37. The summed E-state index contributed by atoms with van der Waals surface area (Å²) in [7, 11) is 18.0. The van der Waals surface area contributed by atoms with Gasteiger partial charge < -0.3 is 15.3 Å². The number of aryl methyl sites for hydroxylation is 1. The Hall–Kier alpha value is -3.77. The fourth-order valence-corrected chi connectivity index (χ4v) is 4.01. The van der Waals surface area contributed by atoms with Gasteiger partial charge in [-0.25, -0.2) is 4.98 Å². The van der Waals surface area contributed by atoms with E-state index in [9.17, 15) is 14.7 Å². The third kappa shape index (κ3) is 6.52. The number of nitrogens with zero attached hydrogens (tertiary/aromatic N) is 3. The molecule has 180 valence electrons. The van der Waals surface area contributed by atoms with Crippen molar-refractivity contribution in [3.8, 4) is 11.8 Å². The molecule has 37 heavy (non-hydrogen) atoms. The van der Waals surface area contributed by atoms with E-state index in [1.165, 1.54) is 0 Å². The zero-order chi connectivity index (χ0) is 26.8. The van der Waals surface area contributed by atoms with Gasteiger partial charge in [-0.2, -0.15) is 0 Å². The average Bonchev–Trinajstić information content (AvgIpc) is 3.23. The second-order valence-corrected chi connectivity index (χ2v) is 9.55. The van der Waals surface area contributed by atoms with Crippen molar-refractivity contribution in [2.75, 3.05) is 4.90 Å². The summed E-state index contributed by atoms with van der Waals surface area (Å²) in [6.45, 7) is 3.13. The standard InChI is InChI=1S/C26H24B3N5O3/c1-25(2,37)13-12-17-8-9-18-10-11-19(24(36)34(20(18)14-17)26(27,28)29)30-23(35)22-31-21(32-33-22)15-16-6-4-3-5-7-16/h3-9,14,19,37H,10-11,15H2,1-2H3,(H,30,35)(H,31,32,33). The quantitative estimate of drug-likeness (QED) is 0.363. The molecular weight excluding hydrogens is 463 g/mol. The van der Waals surface area contributed by atoms with Gasteiger partial charge in [-0.3, -0.25) is 14.7 Å². The maximum atomic E-state index is 13.5. The number of rotatable bonds is 5. The van der Waals surface area contributed by atoms with Gasteiger partial charge in [0, 0.05) is 17.7 Å². The van der Waals surface area contributed by atoms with E-state index >= 15 is 0 Å². The van der Waals surface area contributed by atoms with Crippen molar-refractivity contribution in [1.82, 2.24) is 20.5 Å². The predicted molar refractivity (Wildman–Crippen MR) is 142 cm³/mol. The lowest BCUT2D eigenvalue weighted by atomic mass is 9.48. The Morgan fingerprint density at radius 2 is 1.95 bits per heavy atom. The van der Waals surface area contributed by atoms with E-state index in [1.54, 1.807) is 32.0 Å². The van der Waals surface area contributed by atoms with Crippen LogP contribution in [0.2, 0.25) is 0 Å². The van der Waals surface area contributed by atoms with Gasteiger partial charge in [0.15, 0.2) is 0 Å². The normalized spacial score (nSPS) is 15.8. The molecule has 1 aromatic heterocycles. The third-order valence-electron chi connectivity index (χ3n) is 5.70. The summed E-state index contributed by atoms with van der Waals surface area (Å²) in [5.74, 6) is 4.84. The van der Waals surface area contributed by atoms with Crippen molar-refractivity contribution < 1.29 is 14.7 Å². The number of benzene rings is 2. The van der Waals surface area contributed by atoms with Gasteiger partial charge in [0.25, 0.3) is 5.91 Å². The van der Waals surface area contributed by atoms with Gasteiger partial charge in [-0.1, -0.05) is 53.5 Å². The molecule has 1 aliphatic rings. The second kappa shape index (κ2) is 10.3. The first-order valence-electron chi connectivity index (χ1n) is 11.8. The molecule has 2 heterocycles. The summed E-state index contributed by atoms with van der Waals surface area (Å²) in [6, 6.07) is 13.9. The number of aromatic amines is 1. The molecule has 2 amide bonds. The van der Waals surface area contributed by atoms with Crippen molar-refractivity contribution in [3.63, 3.8) is 0 Å². The fourth-order valence-electron chi connectivity index (χ4n) is 4.01. The Kier molecular flexibility index (Phi) is 7.33. The fraction of sp³-hybridized carbons (Fsp3) is 0.308. The average molecular weight is 487 g/mol. The van der Waals surface area contributed by atoms with Crippen molar-refractivity contribution in [2.24, 2.45) is 0 Å². The molecule has 1 aliphatic heterocycles. The van der Waals surface area contributed by atoms with Crippen LogP contribution in [-0.4, -0.2) is 72.5 Å². The number of amides is 2. The first kappa shape index (κ1) is 26.3. The molecule has 1 atom stereocenters. The summed E-state index contributed by atoms with van der Waals surface area (Å²) in [5.41, 5.74) is 1.50. The molecule has 1 unspecified atom stereocenters. The molecule has 0 fully saturated rings. The molecule has 0 saturated carbocycles. The molecule has 0 aliphatic carbocycles. The molecule has 8 nitrogen and oxygen atoms in total. The van der Waals surface area contributed by atoms with Crippen LogP contribution < -0.4 is 10.2 Å². The number of nitrogens with one attached hydrogen (secondary N) is 2. The Labute approximate surface area is 219 Å². The third-order valence-corrected chi connectivity index (χ3v) is 5.70. The number of aromatic nitrogens is 3. The highest BCUT2D eigenvalue weighted by molar-refractivity contribution is 6.62. The van der Waals surface area contributed by atoms with E-state index in [1.807, 2.05) is 30.3 Å². The van der Waals surface area contributed by atoms with E-state index in [4.69, 9.17) is 23.5 Å². The minimum Gasteiger partial charge on any atom is -0.378 e. The minimum atomic E-state index is -2.05. The first-order valence-corrected chi connectivity index (χ1v) is 11.8. The topological polar surface area (TPSA) is 111 Å². The summed E-state index contributed by atoms with van der Waals surface area (Å²) >= 11 is 0. The van der Waals surface area contributed by atoms with Crippen LogP contribution in [-0.2, 0) is 17.6 Å². The summed E-state index contributed by atoms with van der Waals surface area (Å²) in [4.78, 5) is 31.8. The van der Waals surface area contributed by atoms with Gasteiger partial charge >= 0.3 is 0 Å². The largest absolute Gasteiger partial charge is 0.378 e. The number of carbonyl (C=O) groups is 2. The SMILES string of the molecule is [B]C([B])([B])N1C(=O)C(NC(=O)c2n[nH]c(Cc3ccccc3)n2)CCc2ccc(C#CC(C)(C)O)cc21. The van der Waals surface area contributed by atoms with E-state index in [2.05, 4.69) is 32.3 Å². The number of fused-ring (bicyclic) bond motifs is 1. The Balaban J connectivity index is 1.56. The molecule has 0 saturated heterocycles. The lowest BCUT2D eigenvalue weighted by Crippen LogP contribution is -2.59. The molecule has 3 aromatic rings. The van der Waals surface area contributed by atoms with Gasteiger partial charge in [0.05, 0.1) is 23.5 Å². The van der Waals surface area contributed by atoms with Crippen LogP contribution in [0.3, 0.4) is 0 Å². The van der Waals surface area contributed by atoms with Crippen molar-refractivity contribution in [2.45, 2.75) is 50.0 Å². The molecule has 2 aromatic carbocycles. The van der Waals surface area contributed by atoms with Gasteiger partial charge in [-0.15, -0.1) is 5.10 Å². The Morgan fingerprint density at radius 3 is 2.62 bits per heavy atom.